The lowest BCUT2D eigenvalue weighted by molar-refractivity contribution is -0.374. The zero-order chi connectivity index (χ0) is 88.4. The van der Waals surface area contributed by atoms with Gasteiger partial charge in [0.25, 0.3) is 11.2 Å². The minimum atomic E-state index is -5.95. The van der Waals surface area contributed by atoms with Crippen molar-refractivity contribution in [2.75, 3.05) is 26.5 Å². The second kappa shape index (κ2) is 47.4. The number of ether oxygens (including phenoxy) is 6. The first-order valence-electron chi connectivity index (χ1n) is 32.2. The van der Waals surface area contributed by atoms with Crippen molar-refractivity contribution in [3.8, 4) is 0 Å². The molecule has 2 rings (SSSR count). The van der Waals surface area contributed by atoms with E-state index in [1.54, 1.807) is 46.0 Å². The Morgan fingerprint density at radius 3 is 1.02 bits per heavy atom. The number of halogens is 20. The molecular weight excluding hydrogens is 1550 g/mol. The maximum Gasteiger partial charge on any atom is 0.426 e. The summed E-state index contributed by atoms with van der Waals surface area (Å²) in [7, 11) is -1.88. The second-order valence-corrected chi connectivity index (χ2v) is 27.7. The summed E-state index contributed by atoms with van der Waals surface area (Å²) < 4.78 is 296. The van der Waals surface area contributed by atoms with Crippen molar-refractivity contribution >= 4 is 51.8 Å². The Kier molecular flexibility index (Phi) is 49.2. The van der Waals surface area contributed by atoms with Crippen molar-refractivity contribution in [3.05, 3.63) is 72.9 Å². The lowest BCUT2D eigenvalue weighted by Crippen LogP contribution is -2.58. The number of carboxylic acid groups (broad SMARTS) is 1. The van der Waals surface area contributed by atoms with Crippen LogP contribution in [0.5, 0.6) is 0 Å². The molecule has 0 radical (unpaired) electrons. The molecule has 0 amide bonds. The molecule has 2 bridgehead atoms. The molecule has 21 nitrogen and oxygen atoms in total. The van der Waals surface area contributed by atoms with Gasteiger partial charge in [0.2, 0.25) is 10.0 Å². The maximum absolute atomic E-state index is 12.9. The molecule has 0 aliphatic heterocycles. The number of rotatable bonds is 27. The van der Waals surface area contributed by atoms with Crippen LogP contribution in [0.3, 0.4) is 0 Å². The number of sulfonamides is 1. The maximum atomic E-state index is 12.9. The summed E-state index contributed by atoms with van der Waals surface area (Å²) in [4.78, 5) is 75.6. The number of carbonyl (C=O) groups excluding carboxylic acids is 6. The SMILES string of the molecule is C1CC2CCC1C2.C=C(C)C(=O)OC.C=C(C)C(=O)OC(C)CC(C)(O)C(F)(F)F.C=C(C)C(=O)OC(CC(C)C)CC(O)(C(F)(F)F)C(F)(F)F.C=C(C)C(=O)OC(CC)C(F)(F)C(=O)O.C=C(C)C(=O)OC(CC)CC(C)(O)C(F)(F)F.C=C(C)C(=O)OCCNS(C)(=O)=O.CCC(O)(C(F)(F)F)C(F)(F)F. The summed E-state index contributed by atoms with van der Waals surface area (Å²) in [6.07, 6.45) is -34.7. The fourth-order valence-electron chi connectivity index (χ4n) is 7.94. The molecule has 6 unspecified atom stereocenters. The average molecular weight is 1650 g/mol. The van der Waals surface area contributed by atoms with Crippen LogP contribution in [0.1, 0.15) is 174 Å². The largest absolute Gasteiger partial charge is 0.477 e. The zero-order valence-electron chi connectivity index (χ0n) is 63.0. The standard InChI is InChI=1S/C13H18F6O3.C11H17F3O3.C10H15F3O3.C9H12F2O4.C7H13NO4S.C7H12.C5H6F6O.C5H8O2/c1-7(2)5-9(22-10(20)8(3)4)6-11(21,12(14,15)16)13(17,18)19;1-5-8(17-9(15)7(2)3)6-10(4,16)11(12,13)14;1-6(2)8(14)16-7(3)5-9(4,15)10(11,12)13;1-4-6(9(10,11)8(13)14)15-7(12)5(2)3;1-6(2)7(9)12-5-4-8-13(3,10)11;1-2-7-4-3-6(1)5-7;1-2-3(12,4(6,7)8)5(9,10)11;1-4(2)5(6)7-3/h7,9,21H,3,5-6H2,1-2,4H3;8,16H,2,5-6H2,1,3-4H3;7,15H,1,5H2,2-4H3;6H,2,4H2,1,3H3,(H,13,14);8H,1,4-5H2,2-3H3;6-7H,1-5H2;12H,2H2,1H3;1H2,2-3H3. The molecule has 0 spiro atoms. The van der Waals surface area contributed by atoms with E-state index in [-0.39, 0.29) is 66.6 Å². The fraction of sp³-hybridized carbons (Fsp3) is 0.716. The number of aliphatic carboxylic acids is 1. The highest BCUT2D eigenvalue weighted by Gasteiger charge is 2.71. The van der Waals surface area contributed by atoms with Gasteiger partial charge in [0.05, 0.1) is 13.4 Å². The molecule has 0 heterocycles. The highest BCUT2D eigenvalue weighted by molar-refractivity contribution is 7.88. The van der Waals surface area contributed by atoms with E-state index in [9.17, 15) is 135 Å². The van der Waals surface area contributed by atoms with Crippen LogP contribution >= 0.6 is 0 Å². The number of methoxy groups -OCH3 is 1. The summed E-state index contributed by atoms with van der Waals surface area (Å²) >= 11 is 0. The third-order valence-corrected chi connectivity index (χ3v) is 15.1. The van der Waals surface area contributed by atoms with Crippen molar-refractivity contribution in [1.29, 1.82) is 0 Å². The number of carbonyl (C=O) groups is 7. The molecule has 0 aromatic heterocycles. The number of hydrogen-bond donors (Lipinski definition) is 6. The second-order valence-electron chi connectivity index (χ2n) is 25.9. The van der Waals surface area contributed by atoms with Crippen LogP contribution in [0, 0.1) is 17.8 Å². The number of hydrogen-bond acceptors (Lipinski definition) is 19. The summed E-state index contributed by atoms with van der Waals surface area (Å²) in [5.74, 6) is -8.94. The van der Waals surface area contributed by atoms with E-state index in [1.165, 1.54) is 81.3 Å². The fourth-order valence-corrected chi connectivity index (χ4v) is 8.39. The summed E-state index contributed by atoms with van der Waals surface area (Å²) in [5.41, 5.74) is -14.6. The summed E-state index contributed by atoms with van der Waals surface area (Å²) in [5, 5.41) is 44.0. The Morgan fingerprint density at radius 2 is 0.789 bits per heavy atom. The van der Waals surface area contributed by atoms with Gasteiger partial charge in [0, 0.05) is 59.2 Å². The van der Waals surface area contributed by atoms with Gasteiger partial charge in [-0.25, -0.2) is 46.7 Å². The van der Waals surface area contributed by atoms with Gasteiger partial charge in [0.1, 0.15) is 24.9 Å². The van der Waals surface area contributed by atoms with Gasteiger partial charge < -0.3 is 54.0 Å². The molecule has 2 aliphatic rings. The molecule has 2 aliphatic carbocycles. The molecule has 2 fully saturated rings. The Labute approximate surface area is 619 Å². The predicted molar refractivity (Wildman–Crippen MR) is 354 cm³/mol. The first-order valence-corrected chi connectivity index (χ1v) is 34.1. The first-order chi connectivity index (χ1) is 48.3. The molecule has 6 atom stereocenters. The molecular formula is C67H101F20NO20S. The van der Waals surface area contributed by atoms with E-state index in [1.807, 2.05) is 0 Å². The van der Waals surface area contributed by atoms with Gasteiger partial charge in [-0.15, -0.1) is 0 Å². The van der Waals surface area contributed by atoms with Gasteiger partial charge in [-0.3, -0.25) is 0 Å². The van der Waals surface area contributed by atoms with Gasteiger partial charge in [0.15, 0.2) is 17.3 Å². The molecule has 6 N–H and O–H groups in total. The van der Waals surface area contributed by atoms with E-state index >= 15 is 0 Å². The molecule has 640 valence electrons. The highest BCUT2D eigenvalue weighted by Crippen LogP contribution is 2.48. The average Bonchev–Trinajstić information content (AvgIpc) is 1.24. The van der Waals surface area contributed by atoms with Crippen molar-refractivity contribution in [2.45, 2.75) is 264 Å². The number of esters is 6. The quantitative estimate of drug-likeness (QED) is 0.0146. The number of nitrogens with one attached hydrogen (secondary N) is 1. The normalized spacial score (nSPS) is 16.6. The van der Waals surface area contributed by atoms with E-state index in [0.717, 1.165) is 6.26 Å². The van der Waals surface area contributed by atoms with E-state index < -0.39 is 161 Å². The Bertz CT molecular complexity index is 3040. The van der Waals surface area contributed by atoms with E-state index in [4.69, 9.17) is 25.2 Å². The van der Waals surface area contributed by atoms with Gasteiger partial charge in [-0.1, -0.05) is 99.8 Å². The summed E-state index contributed by atoms with van der Waals surface area (Å²) in [6, 6.07) is 0. The van der Waals surface area contributed by atoms with Crippen LogP contribution in [0.25, 0.3) is 0 Å². The minimum Gasteiger partial charge on any atom is -0.477 e. The van der Waals surface area contributed by atoms with Gasteiger partial charge >= 0.3 is 84.8 Å². The Hall–Kier alpha value is -6.92. The predicted octanol–water partition coefficient (Wildman–Crippen LogP) is 15.0. The lowest BCUT2D eigenvalue weighted by atomic mass is 9.90. The zero-order valence-corrected chi connectivity index (χ0v) is 63.8. The van der Waals surface area contributed by atoms with Crippen LogP contribution in [-0.4, -0.2) is 192 Å². The van der Waals surface area contributed by atoms with Crippen LogP contribution in [0.2, 0.25) is 0 Å². The molecule has 109 heavy (non-hydrogen) atoms. The molecule has 0 aromatic rings. The van der Waals surface area contributed by atoms with Crippen LogP contribution in [-0.2, 0) is 72.0 Å². The Balaban J connectivity index is -0.000000284. The van der Waals surface area contributed by atoms with Crippen LogP contribution in [0.15, 0.2) is 72.9 Å². The number of alkyl halides is 20. The van der Waals surface area contributed by atoms with E-state index in [2.05, 4.69) is 67.9 Å². The lowest BCUT2D eigenvalue weighted by Gasteiger charge is -2.35. The third kappa shape index (κ3) is 44.6. The summed E-state index contributed by atoms with van der Waals surface area (Å²) in [6.45, 7) is 37.4. The van der Waals surface area contributed by atoms with Crippen LogP contribution in [0.4, 0.5) is 87.8 Å². The third-order valence-electron chi connectivity index (χ3n) is 14.4. The van der Waals surface area contributed by atoms with Crippen molar-refractivity contribution < 1.29 is 184 Å². The van der Waals surface area contributed by atoms with Crippen molar-refractivity contribution in [2.24, 2.45) is 17.8 Å². The Morgan fingerprint density at radius 1 is 0.468 bits per heavy atom. The van der Waals surface area contributed by atoms with Gasteiger partial charge in [-0.2, -0.15) is 87.8 Å². The van der Waals surface area contributed by atoms with Gasteiger partial charge in [-0.05, 0) is 112 Å². The monoisotopic (exact) mass is 1650 g/mol. The smallest absolute Gasteiger partial charge is 0.426 e. The topological polar surface area (TPSA) is 322 Å². The first kappa shape index (κ1) is 113. The molecule has 0 saturated heterocycles. The molecule has 2 saturated carbocycles. The molecule has 0 aromatic carbocycles. The number of carboxylic acids is 1. The number of aliphatic hydroxyl groups is 4. The van der Waals surface area contributed by atoms with E-state index in [0.29, 0.717) is 31.9 Å². The highest BCUT2D eigenvalue weighted by atomic mass is 32.2. The minimum absolute atomic E-state index is 0.0127. The van der Waals surface area contributed by atoms with Crippen LogP contribution < -0.4 is 4.72 Å². The number of fused-ring (bicyclic) bond motifs is 2. The van der Waals surface area contributed by atoms with Crippen molar-refractivity contribution in [3.63, 3.8) is 0 Å². The molecule has 42 heteroatoms. The van der Waals surface area contributed by atoms with Crippen molar-refractivity contribution in [1.82, 2.24) is 4.72 Å².